The zero-order chi connectivity index (χ0) is 20.7. The highest BCUT2D eigenvalue weighted by atomic mass is 16.6. The van der Waals surface area contributed by atoms with Crippen molar-refractivity contribution in [3.05, 3.63) is 42.5 Å². The Morgan fingerprint density at radius 3 is 2.32 bits per heavy atom. The minimum atomic E-state index is -0.510. The number of piperidine rings is 1. The molecule has 1 aromatic carbocycles. The van der Waals surface area contributed by atoms with Gasteiger partial charge in [-0.05, 0) is 69.9 Å². The molecule has 7 nitrogen and oxygen atoms in total. The van der Waals surface area contributed by atoms with Crippen molar-refractivity contribution in [2.45, 2.75) is 39.2 Å². The molecule has 0 aromatic heterocycles. The van der Waals surface area contributed by atoms with Crippen LogP contribution in [0.3, 0.4) is 0 Å². The van der Waals surface area contributed by atoms with Gasteiger partial charge in [0.25, 0.3) is 5.91 Å². The van der Waals surface area contributed by atoms with Crippen molar-refractivity contribution in [3.8, 4) is 0 Å². The van der Waals surface area contributed by atoms with E-state index in [9.17, 15) is 14.4 Å². The molecule has 0 aliphatic carbocycles. The van der Waals surface area contributed by atoms with E-state index in [2.05, 4.69) is 17.2 Å². The lowest BCUT2D eigenvalue weighted by atomic mass is 9.96. The summed E-state index contributed by atoms with van der Waals surface area (Å²) >= 11 is 0. The van der Waals surface area contributed by atoms with Crippen molar-refractivity contribution in [2.75, 3.05) is 25.0 Å². The van der Waals surface area contributed by atoms with Crippen molar-refractivity contribution in [1.82, 2.24) is 10.2 Å². The number of carbonyl (C=O) groups excluding carboxylic acids is 3. The summed E-state index contributed by atoms with van der Waals surface area (Å²) < 4.78 is 5.24. The molecule has 7 heteroatoms. The van der Waals surface area contributed by atoms with Crippen LogP contribution in [0.4, 0.5) is 10.5 Å². The van der Waals surface area contributed by atoms with Gasteiger partial charge in [-0.1, -0.05) is 6.58 Å². The lowest BCUT2D eigenvalue weighted by Crippen LogP contribution is -2.42. The fourth-order valence-corrected chi connectivity index (χ4v) is 2.95. The quantitative estimate of drug-likeness (QED) is 0.760. The number of carbonyl (C=O) groups is 3. The lowest BCUT2D eigenvalue weighted by Gasteiger charge is -2.32. The van der Waals surface area contributed by atoms with Crippen LogP contribution in [0.5, 0.6) is 0 Å². The van der Waals surface area contributed by atoms with Gasteiger partial charge in [-0.15, -0.1) is 0 Å². The minimum absolute atomic E-state index is 0.0276. The Balaban J connectivity index is 1.79. The average Bonchev–Trinajstić information content (AvgIpc) is 2.65. The molecule has 0 bridgehead atoms. The maximum Gasteiger partial charge on any atom is 0.407 e. The van der Waals surface area contributed by atoms with E-state index < -0.39 is 11.7 Å². The molecule has 152 valence electrons. The predicted molar refractivity (Wildman–Crippen MR) is 108 cm³/mol. The van der Waals surface area contributed by atoms with Gasteiger partial charge >= 0.3 is 6.09 Å². The second-order valence-corrected chi connectivity index (χ2v) is 7.89. The van der Waals surface area contributed by atoms with E-state index in [1.807, 2.05) is 25.7 Å². The van der Waals surface area contributed by atoms with Crippen LogP contribution >= 0.6 is 0 Å². The summed E-state index contributed by atoms with van der Waals surface area (Å²) in [6.07, 6.45) is 2.44. The van der Waals surface area contributed by atoms with Gasteiger partial charge in [0.2, 0.25) is 5.91 Å². The number of benzene rings is 1. The molecular formula is C21H29N3O4. The maximum absolute atomic E-state index is 12.7. The molecule has 0 unspecified atom stereocenters. The number of alkyl carbamates (subject to hydrolysis) is 1. The zero-order valence-electron chi connectivity index (χ0n) is 16.8. The molecule has 3 amide bonds. The Morgan fingerprint density at radius 1 is 1.18 bits per heavy atom. The van der Waals surface area contributed by atoms with Crippen molar-refractivity contribution in [3.63, 3.8) is 0 Å². The van der Waals surface area contributed by atoms with E-state index in [1.54, 1.807) is 24.3 Å². The number of nitrogens with zero attached hydrogens (tertiary/aromatic N) is 1. The van der Waals surface area contributed by atoms with Crippen LogP contribution < -0.4 is 10.6 Å². The number of anilines is 1. The van der Waals surface area contributed by atoms with Crippen molar-refractivity contribution in [2.24, 2.45) is 5.92 Å². The highest BCUT2D eigenvalue weighted by Gasteiger charge is 2.24. The van der Waals surface area contributed by atoms with Crippen LogP contribution in [0.2, 0.25) is 0 Å². The first-order valence-corrected chi connectivity index (χ1v) is 9.47. The largest absolute Gasteiger partial charge is 0.444 e. The van der Waals surface area contributed by atoms with Crippen LogP contribution in [0.1, 0.15) is 44.0 Å². The zero-order valence-corrected chi connectivity index (χ0v) is 16.8. The summed E-state index contributed by atoms with van der Waals surface area (Å²) in [5.74, 6) is 0.00866. The average molecular weight is 387 g/mol. The molecule has 0 atom stereocenters. The van der Waals surface area contributed by atoms with Gasteiger partial charge in [-0.2, -0.15) is 0 Å². The third-order valence-electron chi connectivity index (χ3n) is 4.42. The summed E-state index contributed by atoms with van der Waals surface area (Å²) in [5, 5.41) is 5.46. The predicted octanol–water partition coefficient (Wildman–Crippen LogP) is 3.19. The van der Waals surface area contributed by atoms with Gasteiger partial charge < -0.3 is 20.3 Å². The highest BCUT2D eigenvalue weighted by Crippen LogP contribution is 2.20. The monoisotopic (exact) mass is 387 g/mol. The van der Waals surface area contributed by atoms with Crippen molar-refractivity contribution in [1.29, 1.82) is 0 Å². The smallest absolute Gasteiger partial charge is 0.407 e. The van der Waals surface area contributed by atoms with E-state index in [4.69, 9.17) is 4.74 Å². The third-order valence-corrected chi connectivity index (χ3v) is 4.42. The van der Waals surface area contributed by atoms with E-state index in [0.29, 0.717) is 36.8 Å². The second kappa shape index (κ2) is 9.39. The molecule has 2 N–H and O–H groups in total. The number of likely N-dealkylation sites (tertiary alicyclic amines) is 1. The standard InChI is InChI=1S/C21H29N3O4/c1-5-18(25)23-17-8-6-16(7-9-17)19(26)24-12-10-15(11-13-24)14-22-20(27)28-21(2,3)4/h5-9,15H,1,10-14H2,2-4H3,(H,22,27)(H,23,25). The van der Waals surface area contributed by atoms with Crippen LogP contribution in [-0.2, 0) is 9.53 Å². The summed E-state index contributed by atoms with van der Waals surface area (Å²) in [7, 11) is 0. The number of hydrogen-bond donors (Lipinski definition) is 2. The molecule has 1 aliphatic heterocycles. The van der Waals surface area contributed by atoms with Crippen LogP contribution in [0.25, 0.3) is 0 Å². The van der Waals surface area contributed by atoms with Crippen molar-refractivity contribution < 1.29 is 19.1 Å². The van der Waals surface area contributed by atoms with Crippen LogP contribution in [0.15, 0.2) is 36.9 Å². The molecule has 1 fully saturated rings. The summed E-state index contributed by atoms with van der Waals surface area (Å²) in [4.78, 5) is 37.5. The number of rotatable bonds is 5. The Hall–Kier alpha value is -2.83. The van der Waals surface area contributed by atoms with Gasteiger partial charge in [0.05, 0.1) is 0 Å². The Morgan fingerprint density at radius 2 is 1.79 bits per heavy atom. The highest BCUT2D eigenvalue weighted by molar-refractivity contribution is 5.99. The van der Waals surface area contributed by atoms with Gasteiger partial charge in [-0.3, -0.25) is 9.59 Å². The number of ether oxygens (including phenoxy) is 1. The summed E-state index contributed by atoms with van der Waals surface area (Å²) in [6.45, 7) is 10.7. The molecule has 0 radical (unpaired) electrons. The number of hydrogen-bond acceptors (Lipinski definition) is 4. The van der Waals surface area contributed by atoms with E-state index in [0.717, 1.165) is 12.8 Å². The molecule has 2 rings (SSSR count). The topological polar surface area (TPSA) is 87.7 Å². The van der Waals surface area contributed by atoms with E-state index in [-0.39, 0.29) is 11.8 Å². The van der Waals surface area contributed by atoms with Crippen LogP contribution in [-0.4, -0.2) is 48.0 Å². The first-order chi connectivity index (χ1) is 13.2. The van der Waals surface area contributed by atoms with Crippen molar-refractivity contribution >= 4 is 23.6 Å². The second-order valence-electron chi connectivity index (χ2n) is 7.89. The van der Waals surface area contributed by atoms with Gasteiger partial charge in [0.15, 0.2) is 0 Å². The molecule has 1 aliphatic rings. The Kier molecular flexibility index (Phi) is 7.20. The lowest BCUT2D eigenvalue weighted by molar-refractivity contribution is -0.111. The Labute approximate surface area is 166 Å². The fourth-order valence-electron chi connectivity index (χ4n) is 2.95. The van der Waals surface area contributed by atoms with Gasteiger partial charge in [0, 0.05) is 30.9 Å². The Bertz CT molecular complexity index is 714. The SMILES string of the molecule is C=CC(=O)Nc1ccc(C(=O)N2CCC(CNC(=O)OC(C)(C)C)CC2)cc1. The normalized spacial score (nSPS) is 14.9. The summed E-state index contributed by atoms with van der Waals surface area (Å²) in [6, 6.07) is 6.81. The molecule has 28 heavy (non-hydrogen) atoms. The first kappa shape index (κ1) is 21.5. The first-order valence-electron chi connectivity index (χ1n) is 9.47. The molecule has 0 spiro atoms. The molecule has 1 heterocycles. The number of nitrogens with one attached hydrogen (secondary N) is 2. The van der Waals surface area contributed by atoms with E-state index >= 15 is 0 Å². The summed E-state index contributed by atoms with van der Waals surface area (Å²) in [5.41, 5.74) is 0.694. The minimum Gasteiger partial charge on any atom is -0.444 e. The number of amides is 3. The van der Waals surface area contributed by atoms with Gasteiger partial charge in [-0.25, -0.2) is 4.79 Å². The van der Waals surface area contributed by atoms with Crippen LogP contribution in [0, 0.1) is 5.92 Å². The molecule has 0 saturated carbocycles. The molecule has 1 aromatic rings. The molecule has 1 saturated heterocycles. The fraction of sp³-hybridized carbons (Fsp3) is 0.476. The third kappa shape index (κ3) is 6.72. The molecular weight excluding hydrogens is 358 g/mol. The van der Waals surface area contributed by atoms with E-state index in [1.165, 1.54) is 6.08 Å². The maximum atomic E-state index is 12.7. The van der Waals surface area contributed by atoms with Gasteiger partial charge in [0.1, 0.15) is 5.60 Å².